The Balaban J connectivity index is 2.66. The molecule has 0 aromatic carbocycles. The van der Waals surface area contributed by atoms with Gasteiger partial charge >= 0.3 is 0 Å². The molecule has 0 aliphatic heterocycles. The fraction of sp³-hybridized carbons (Fsp3) is 0.158. The van der Waals surface area contributed by atoms with Gasteiger partial charge in [0.05, 0.1) is 21.8 Å². The maximum absolute atomic E-state index is 13.1. The minimum absolute atomic E-state index is 0.0310. The first-order valence-electron chi connectivity index (χ1n) is 7.97. The van der Waals surface area contributed by atoms with Gasteiger partial charge in [0.15, 0.2) is 11.2 Å². The number of aromatic hydroxyl groups is 1. The van der Waals surface area contributed by atoms with E-state index in [1.54, 1.807) is 24.4 Å². The van der Waals surface area contributed by atoms with E-state index in [0.717, 1.165) is 0 Å². The molecule has 3 aromatic heterocycles. The molecular formula is C19H14Cl2N4O2. The second kappa shape index (κ2) is 7.03. The predicted molar refractivity (Wildman–Crippen MR) is 106 cm³/mol. The van der Waals surface area contributed by atoms with E-state index in [1.807, 2.05) is 13.8 Å². The van der Waals surface area contributed by atoms with Crippen LogP contribution in [0.15, 0.2) is 29.7 Å². The standard InChI is InChI=1S/C19H14Cl2N4O2/c1-4-10-5-6-23-14(9(2)3)15(10)25-18-11(7-13(20)17(21)24-18)16(26)12(8-22)19(25)27/h4-7,9,26H,1H2,2-3H3. The lowest BCUT2D eigenvalue weighted by Crippen LogP contribution is -2.25. The Labute approximate surface area is 164 Å². The molecule has 3 rings (SSSR count). The van der Waals surface area contributed by atoms with E-state index in [-0.39, 0.29) is 27.1 Å². The summed E-state index contributed by atoms with van der Waals surface area (Å²) in [5.41, 5.74) is 0.587. The van der Waals surface area contributed by atoms with E-state index in [9.17, 15) is 15.2 Å². The lowest BCUT2D eigenvalue weighted by atomic mass is 10.0. The van der Waals surface area contributed by atoms with Crippen LogP contribution in [0.4, 0.5) is 0 Å². The second-order valence-electron chi connectivity index (χ2n) is 6.10. The van der Waals surface area contributed by atoms with Gasteiger partial charge in [0, 0.05) is 11.8 Å². The molecule has 136 valence electrons. The van der Waals surface area contributed by atoms with Gasteiger partial charge < -0.3 is 5.11 Å². The van der Waals surface area contributed by atoms with Crippen LogP contribution in [0.3, 0.4) is 0 Å². The molecule has 0 unspecified atom stereocenters. The molecular weight excluding hydrogens is 387 g/mol. The highest BCUT2D eigenvalue weighted by molar-refractivity contribution is 6.41. The maximum atomic E-state index is 13.1. The van der Waals surface area contributed by atoms with Crippen molar-refractivity contribution in [1.29, 1.82) is 5.26 Å². The summed E-state index contributed by atoms with van der Waals surface area (Å²) in [5, 5.41) is 20.0. The zero-order chi connectivity index (χ0) is 19.9. The molecule has 0 amide bonds. The molecule has 0 spiro atoms. The number of halogens is 2. The molecule has 8 heteroatoms. The minimum Gasteiger partial charge on any atom is -0.506 e. The van der Waals surface area contributed by atoms with E-state index < -0.39 is 16.9 Å². The lowest BCUT2D eigenvalue weighted by molar-refractivity contribution is 0.478. The van der Waals surface area contributed by atoms with Crippen molar-refractivity contribution in [2.75, 3.05) is 0 Å². The van der Waals surface area contributed by atoms with Gasteiger partial charge in [0.25, 0.3) is 5.56 Å². The Morgan fingerprint density at radius 2 is 2.11 bits per heavy atom. The Morgan fingerprint density at radius 3 is 2.70 bits per heavy atom. The van der Waals surface area contributed by atoms with Gasteiger partial charge in [0.2, 0.25) is 0 Å². The number of aromatic nitrogens is 3. The molecule has 0 radical (unpaired) electrons. The summed E-state index contributed by atoms with van der Waals surface area (Å²) >= 11 is 12.1. The van der Waals surface area contributed by atoms with Crippen LogP contribution in [0.5, 0.6) is 5.75 Å². The van der Waals surface area contributed by atoms with E-state index >= 15 is 0 Å². The van der Waals surface area contributed by atoms with Gasteiger partial charge in [-0.05, 0) is 18.1 Å². The van der Waals surface area contributed by atoms with Gasteiger partial charge in [0.1, 0.15) is 17.0 Å². The Kier molecular flexibility index (Phi) is 4.92. The third kappa shape index (κ3) is 2.95. The molecule has 0 saturated heterocycles. The van der Waals surface area contributed by atoms with Gasteiger partial charge in [-0.1, -0.05) is 49.7 Å². The highest BCUT2D eigenvalue weighted by atomic mass is 35.5. The van der Waals surface area contributed by atoms with Crippen molar-refractivity contribution in [2.24, 2.45) is 0 Å². The Bertz CT molecular complexity index is 1190. The van der Waals surface area contributed by atoms with Crippen molar-refractivity contribution in [3.8, 4) is 17.5 Å². The molecule has 0 bridgehead atoms. The number of nitrogens with zero attached hydrogens (tertiary/aromatic N) is 4. The zero-order valence-electron chi connectivity index (χ0n) is 14.5. The third-order valence-electron chi connectivity index (χ3n) is 4.12. The van der Waals surface area contributed by atoms with Crippen LogP contribution in [0.25, 0.3) is 22.8 Å². The Morgan fingerprint density at radius 1 is 1.41 bits per heavy atom. The molecule has 0 aliphatic carbocycles. The average molecular weight is 401 g/mol. The second-order valence-corrected chi connectivity index (χ2v) is 6.87. The first kappa shape index (κ1) is 18.9. The molecule has 0 aliphatic rings. The smallest absolute Gasteiger partial charge is 0.278 e. The maximum Gasteiger partial charge on any atom is 0.278 e. The molecule has 3 aromatic rings. The molecule has 3 heterocycles. The van der Waals surface area contributed by atoms with Crippen LogP contribution in [-0.2, 0) is 0 Å². The summed E-state index contributed by atoms with van der Waals surface area (Å²) in [7, 11) is 0. The number of rotatable bonds is 3. The topological polar surface area (TPSA) is 91.8 Å². The van der Waals surface area contributed by atoms with Crippen molar-refractivity contribution < 1.29 is 5.11 Å². The monoisotopic (exact) mass is 400 g/mol. The number of hydrogen-bond acceptors (Lipinski definition) is 5. The van der Waals surface area contributed by atoms with Crippen molar-refractivity contribution in [3.05, 3.63) is 62.3 Å². The van der Waals surface area contributed by atoms with Crippen LogP contribution in [0, 0.1) is 11.3 Å². The van der Waals surface area contributed by atoms with E-state index in [0.29, 0.717) is 16.9 Å². The summed E-state index contributed by atoms with van der Waals surface area (Å²) in [6.07, 6.45) is 3.20. The predicted octanol–water partition coefficient (Wildman–Crippen LogP) is 4.43. The van der Waals surface area contributed by atoms with Gasteiger partial charge in [-0.15, -0.1) is 0 Å². The first-order chi connectivity index (χ1) is 12.8. The summed E-state index contributed by atoms with van der Waals surface area (Å²) in [4.78, 5) is 21.7. The van der Waals surface area contributed by atoms with Crippen LogP contribution in [-0.4, -0.2) is 19.6 Å². The summed E-state index contributed by atoms with van der Waals surface area (Å²) in [6, 6.07) is 4.82. The molecule has 0 saturated carbocycles. The van der Waals surface area contributed by atoms with Crippen LogP contribution >= 0.6 is 23.2 Å². The fourth-order valence-electron chi connectivity index (χ4n) is 2.87. The normalized spacial score (nSPS) is 11.0. The SMILES string of the molecule is C=Cc1ccnc(C(C)C)c1-n1c(=O)c(C#N)c(O)c2cc(Cl)c(Cl)nc21. The summed E-state index contributed by atoms with van der Waals surface area (Å²) in [6.45, 7) is 7.64. The summed E-state index contributed by atoms with van der Waals surface area (Å²) < 4.78 is 1.23. The highest BCUT2D eigenvalue weighted by Gasteiger charge is 2.23. The largest absolute Gasteiger partial charge is 0.506 e. The number of hydrogen-bond donors (Lipinski definition) is 1. The van der Waals surface area contributed by atoms with Crippen molar-refractivity contribution in [2.45, 2.75) is 19.8 Å². The van der Waals surface area contributed by atoms with Crippen LogP contribution in [0.1, 0.15) is 36.6 Å². The molecule has 0 atom stereocenters. The quantitative estimate of drug-likeness (QED) is 0.656. The average Bonchev–Trinajstić information content (AvgIpc) is 2.64. The van der Waals surface area contributed by atoms with Crippen molar-refractivity contribution >= 4 is 40.3 Å². The minimum atomic E-state index is -0.730. The first-order valence-corrected chi connectivity index (χ1v) is 8.72. The van der Waals surface area contributed by atoms with Crippen LogP contribution in [0.2, 0.25) is 10.2 Å². The fourth-order valence-corrected chi connectivity index (χ4v) is 3.16. The van der Waals surface area contributed by atoms with E-state index in [2.05, 4.69) is 16.5 Å². The highest BCUT2D eigenvalue weighted by Crippen LogP contribution is 2.34. The van der Waals surface area contributed by atoms with Gasteiger partial charge in [-0.25, -0.2) is 4.98 Å². The van der Waals surface area contributed by atoms with E-state index in [1.165, 1.54) is 10.6 Å². The van der Waals surface area contributed by atoms with Gasteiger partial charge in [-0.2, -0.15) is 5.26 Å². The lowest BCUT2D eigenvalue weighted by Gasteiger charge is -2.19. The van der Waals surface area contributed by atoms with Crippen LogP contribution < -0.4 is 5.56 Å². The molecule has 0 fully saturated rings. The van der Waals surface area contributed by atoms with Crippen molar-refractivity contribution in [3.63, 3.8) is 0 Å². The number of nitriles is 1. The molecule has 27 heavy (non-hydrogen) atoms. The molecule has 6 nitrogen and oxygen atoms in total. The van der Waals surface area contributed by atoms with E-state index in [4.69, 9.17) is 23.2 Å². The summed E-state index contributed by atoms with van der Waals surface area (Å²) in [5.74, 6) is -0.529. The zero-order valence-corrected chi connectivity index (χ0v) is 16.0. The number of pyridine rings is 3. The number of fused-ring (bicyclic) bond motifs is 1. The van der Waals surface area contributed by atoms with Crippen molar-refractivity contribution in [1.82, 2.24) is 14.5 Å². The third-order valence-corrected chi connectivity index (χ3v) is 4.79. The van der Waals surface area contributed by atoms with Gasteiger partial charge in [-0.3, -0.25) is 14.3 Å². The Hall–Kier alpha value is -2.88. The molecule has 1 N–H and O–H groups in total.